The van der Waals surface area contributed by atoms with Crippen LogP contribution >= 0.6 is 7.60 Å². The minimum atomic E-state index is -4.18. The molecular weight excluding hydrogens is 285 g/mol. The van der Waals surface area contributed by atoms with Crippen LogP contribution in [0.5, 0.6) is 5.75 Å². The van der Waals surface area contributed by atoms with E-state index in [4.69, 9.17) is 9.63 Å². The smallest absolute Gasteiger partial charge is 0.349 e. The maximum atomic E-state index is 12.2. The van der Waals surface area contributed by atoms with E-state index in [-0.39, 0.29) is 17.9 Å². The molecule has 0 spiro atoms. The van der Waals surface area contributed by atoms with Crippen LogP contribution in [0.15, 0.2) is 24.3 Å². The summed E-state index contributed by atoms with van der Waals surface area (Å²) in [7, 11) is -4.18. The number of benzene rings is 1. The lowest BCUT2D eigenvalue weighted by Gasteiger charge is -2.26. The molecule has 0 heterocycles. The number of para-hydroxylation sites is 1. The Bertz CT molecular complexity index is 520. The molecule has 1 aromatic rings. The van der Waals surface area contributed by atoms with Gasteiger partial charge in [0.1, 0.15) is 17.6 Å². The van der Waals surface area contributed by atoms with Crippen molar-refractivity contribution in [2.45, 2.75) is 25.7 Å². The Kier molecular flexibility index (Phi) is 5.71. The monoisotopic (exact) mass is 303 g/mol. The van der Waals surface area contributed by atoms with E-state index in [1.54, 1.807) is 19.1 Å². The van der Waals surface area contributed by atoms with Gasteiger partial charge in [0.25, 0.3) is 0 Å². The van der Waals surface area contributed by atoms with E-state index in [0.29, 0.717) is 0 Å². The molecule has 112 valence electrons. The lowest BCUT2D eigenvalue weighted by atomic mass is 10.2. The zero-order chi connectivity index (χ0) is 15.3. The second kappa shape index (κ2) is 6.85. The Morgan fingerprint density at radius 3 is 2.55 bits per heavy atom. The largest absolute Gasteiger partial charge is 0.508 e. The van der Waals surface area contributed by atoms with Crippen molar-refractivity contribution >= 4 is 13.6 Å². The van der Waals surface area contributed by atoms with Crippen molar-refractivity contribution in [3.63, 3.8) is 0 Å². The van der Waals surface area contributed by atoms with Crippen molar-refractivity contribution in [2.24, 2.45) is 0 Å². The minimum absolute atomic E-state index is 0.0129. The van der Waals surface area contributed by atoms with E-state index in [1.807, 2.05) is 0 Å². The Morgan fingerprint density at radius 2 is 2.05 bits per heavy atom. The molecule has 2 unspecified atom stereocenters. The average Bonchev–Trinajstić information content (AvgIpc) is 2.36. The van der Waals surface area contributed by atoms with Gasteiger partial charge in [0, 0.05) is 5.56 Å². The number of phenols is 1. The van der Waals surface area contributed by atoms with Crippen molar-refractivity contribution < 1.29 is 29.0 Å². The summed E-state index contributed by atoms with van der Waals surface area (Å²) in [6, 6.07) is 4.83. The van der Waals surface area contributed by atoms with Crippen LogP contribution in [0.1, 0.15) is 25.2 Å². The van der Waals surface area contributed by atoms with Crippen LogP contribution in [0, 0.1) is 0 Å². The molecule has 0 aliphatic rings. The van der Waals surface area contributed by atoms with Crippen LogP contribution in [-0.4, -0.2) is 33.7 Å². The van der Waals surface area contributed by atoms with Gasteiger partial charge in [0.2, 0.25) is 0 Å². The van der Waals surface area contributed by atoms with E-state index in [9.17, 15) is 19.4 Å². The molecule has 0 saturated carbocycles. The average molecular weight is 303 g/mol. The first-order chi connectivity index (χ1) is 9.29. The fourth-order valence-corrected chi connectivity index (χ4v) is 3.15. The lowest BCUT2D eigenvalue weighted by Crippen LogP contribution is -2.37. The highest BCUT2D eigenvalue weighted by Gasteiger charge is 2.37. The molecule has 20 heavy (non-hydrogen) atoms. The minimum Gasteiger partial charge on any atom is -0.508 e. The molecule has 0 fully saturated rings. The number of aliphatic carboxylic acids is 1. The molecule has 0 aliphatic carbocycles. The van der Waals surface area contributed by atoms with Gasteiger partial charge in [0.05, 0.1) is 6.61 Å². The standard InChI is InChI=1S/C12H18NO6P/c1-3-19-20(17,18)11(13-8(2)12(15)16)9-6-4-5-7-10(9)14/h4-8,11,13-14H,3H2,1-2H3,(H,15,16)(H,17,18)/t8-,11?/m0/s1. The van der Waals surface area contributed by atoms with Gasteiger partial charge < -0.3 is 19.6 Å². The Balaban J connectivity index is 3.18. The van der Waals surface area contributed by atoms with E-state index in [2.05, 4.69) is 5.32 Å². The summed E-state index contributed by atoms with van der Waals surface area (Å²) in [5, 5.41) is 21.2. The van der Waals surface area contributed by atoms with Crippen LogP contribution in [0.2, 0.25) is 0 Å². The SMILES string of the molecule is CCOP(=O)(O)C(N[C@@H](C)C(=O)O)c1ccccc1O. The quantitative estimate of drug-likeness (QED) is 0.566. The van der Waals surface area contributed by atoms with Gasteiger partial charge in [-0.1, -0.05) is 18.2 Å². The van der Waals surface area contributed by atoms with Crippen molar-refractivity contribution in [3.8, 4) is 5.75 Å². The van der Waals surface area contributed by atoms with Gasteiger partial charge in [-0.25, -0.2) is 0 Å². The summed E-state index contributed by atoms with van der Waals surface area (Å²) in [5.74, 6) is -2.71. The van der Waals surface area contributed by atoms with Gasteiger partial charge in [-0.2, -0.15) is 0 Å². The van der Waals surface area contributed by atoms with Crippen LogP contribution in [0.3, 0.4) is 0 Å². The third kappa shape index (κ3) is 4.05. The van der Waals surface area contributed by atoms with Crippen LogP contribution in [-0.2, 0) is 13.9 Å². The number of rotatable bonds is 7. The molecule has 0 amide bonds. The summed E-state index contributed by atoms with van der Waals surface area (Å²) < 4.78 is 17.0. The number of carbonyl (C=O) groups is 1. The molecule has 1 aromatic carbocycles. The predicted octanol–water partition coefficient (Wildman–Crippen LogP) is 1.68. The van der Waals surface area contributed by atoms with Crippen molar-refractivity contribution in [1.82, 2.24) is 5.32 Å². The van der Waals surface area contributed by atoms with Crippen molar-refractivity contribution in [3.05, 3.63) is 29.8 Å². The number of hydrogen-bond acceptors (Lipinski definition) is 5. The summed E-state index contributed by atoms with van der Waals surface area (Å²) in [4.78, 5) is 20.8. The summed E-state index contributed by atoms with van der Waals surface area (Å²) in [5.41, 5.74) is 0.111. The fourth-order valence-electron chi connectivity index (χ4n) is 1.65. The topological polar surface area (TPSA) is 116 Å². The number of aromatic hydroxyl groups is 1. The van der Waals surface area contributed by atoms with Gasteiger partial charge >= 0.3 is 13.6 Å². The number of carboxylic acids is 1. The molecule has 4 N–H and O–H groups in total. The second-order valence-corrected chi connectivity index (χ2v) is 6.07. The molecule has 1 rings (SSSR count). The zero-order valence-electron chi connectivity index (χ0n) is 11.2. The molecule has 0 bridgehead atoms. The normalized spacial score (nSPS) is 17.1. The van der Waals surface area contributed by atoms with Crippen LogP contribution in [0.4, 0.5) is 0 Å². The van der Waals surface area contributed by atoms with Crippen molar-refractivity contribution in [1.29, 1.82) is 0 Å². The molecule has 3 atom stereocenters. The van der Waals surface area contributed by atoms with Gasteiger partial charge in [-0.15, -0.1) is 0 Å². The number of hydrogen-bond donors (Lipinski definition) is 4. The van der Waals surface area contributed by atoms with Crippen LogP contribution in [0.25, 0.3) is 0 Å². The lowest BCUT2D eigenvalue weighted by molar-refractivity contribution is -0.139. The molecule has 0 saturated heterocycles. The highest BCUT2D eigenvalue weighted by atomic mass is 31.2. The molecular formula is C12H18NO6P. The van der Waals surface area contributed by atoms with E-state index < -0.39 is 25.4 Å². The van der Waals surface area contributed by atoms with E-state index in [1.165, 1.54) is 19.1 Å². The molecule has 0 aromatic heterocycles. The molecule has 0 radical (unpaired) electrons. The summed E-state index contributed by atoms with van der Waals surface area (Å²) in [6.45, 7) is 2.87. The first-order valence-corrected chi connectivity index (χ1v) is 7.68. The van der Waals surface area contributed by atoms with E-state index >= 15 is 0 Å². The third-order valence-electron chi connectivity index (χ3n) is 2.65. The van der Waals surface area contributed by atoms with Crippen LogP contribution < -0.4 is 5.32 Å². The Morgan fingerprint density at radius 1 is 1.45 bits per heavy atom. The zero-order valence-corrected chi connectivity index (χ0v) is 12.1. The summed E-state index contributed by atoms with van der Waals surface area (Å²) in [6.07, 6.45) is 0. The first kappa shape index (κ1) is 16.7. The maximum Gasteiger partial charge on any atom is 0.349 e. The molecule has 0 aliphatic heterocycles. The molecule has 8 heteroatoms. The van der Waals surface area contributed by atoms with Gasteiger partial charge in [-0.3, -0.25) is 14.7 Å². The van der Waals surface area contributed by atoms with Gasteiger partial charge in [0.15, 0.2) is 0 Å². The second-order valence-electron chi connectivity index (χ2n) is 4.17. The highest BCUT2D eigenvalue weighted by Crippen LogP contribution is 2.56. The first-order valence-electron chi connectivity index (χ1n) is 6.03. The Labute approximate surface area is 116 Å². The summed E-state index contributed by atoms with van der Waals surface area (Å²) >= 11 is 0. The number of nitrogens with one attached hydrogen (secondary N) is 1. The fraction of sp³-hybridized carbons (Fsp3) is 0.417. The predicted molar refractivity (Wildman–Crippen MR) is 72.5 cm³/mol. The van der Waals surface area contributed by atoms with Crippen molar-refractivity contribution in [2.75, 3.05) is 6.61 Å². The number of phenolic OH excluding ortho intramolecular Hbond substituents is 1. The highest BCUT2D eigenvalue weighted by molar-refractivity contribution is 7.53. The molecule has 7 nitrogen and oxygen atoms in total. The maximum absolute atomic E-state index is 12.2. The third-order valence-corrected chi connectivity index (χ3v) is 4.36. The van der Waals surface area contributed by atoms with Gasteiger partial charge in [-0.05, 0) is 19.9 Å². The Hall–Kier alpha value is -1.40. The van der Waals surface area contributed by atoms with E-state index in [0.717, 1.165) is 0 Å². The number of carboxylic acid groups (broad SMARTS) is 1.